The van der Waals surface area contributed by atoms with Gasteiger partial charge in [0.05, 0.1) is 5.69 Å². The molecule has 0 saturated carbocycles. The van der Waals surface area contributed by atoms with E-state index in [0.717, 1.165) is 11.3 Å². The number of rotatable bonds is 10. The summed E-state index contributed by atoms with van der Waals surface area (Å²) in [4.78, 5) is 40.8. The average molecular weight is 513 g/mol. The van der Waals surface area contributed by atoms with E-state index in [1.807, 2.05) is 31.4 Å². The van der Waals surface area contributed by atoms with Crippen molar-refractivity contribution in [1.82, 2.24) is 4.98 Å². The van der Waals surface area contributed by atoms with Crippen molar-refractivity contribution in [2.75, 3.05) is 5.32 Å². The first-order chi connectivity index (χ1) is 16.9. The van der Waals surface area contributed by atoms with Crippen molar-refractivity contribution in [2.45, 2.75) is 39.5 Å². The lowest BCUT2D eigenvalue weighted by Gasteiger charge is -2.11. The molecule has 1 N–H and O–H groups in total. The minimum Gasteiger partial charge on any atom is -0.423 e. The van der Waals surface area contributed by atoms with Crippen molar-refractivity contribution in [3.8, 4) is 22.8 Å². The number of halogens is 1. The lowest BCUT2D eigenvalue weighted by Crippen LogP contribution is -2.11. The minimum atomic E-state index is -0.431. The molecule has 3 aromatic rings. The fraction of sp³-hybridized carbons (Fsp3) is 0.231. The molecule has 0 bridgehead atoms. The van der Waals surface area contributed by atoms with Crippen LogP contribution >= 0.6 is 22.9 Å². The van der Waals surface area contributed by atoms with Crippen LogP contribution in [0.3, 0.4) is 0 Å². The van der Waals surface area contributed by atoms with Gasteiger partial charge in [0, 0.05) is 34.9 Å². The van der Waals surface area contributed by atoms with Crippen LogP contribution in [0.5, 0.6) is 11.5 Å². The summed E-state index contributed by atoms with van der Waals surface area (Å²) >= 11 is 7.23. The van der Waals surface area contributed by atoms with Crippen LogP contribution in [0.25, 0.3) is 17.3 Å². The third-order valence-electron chi connectivity index (χ3n) is 4.63. The van der Waals surface area contributed by atoms with E-state index >= 15 is 0 Å². The van der Waals surface area contributed by atoms with Gasteiger partial charge < -0.3 is 9.47 Å². The van der Waals surface area contributed by atoms with Gasteiger partial charge in [-0.3, -0.25) is 19.7 Å². The second kappa shape index (κ2) is 12.8. The van der Waals surface area contributed by atoms with Gasteiger partial charge in [-0.05, 0) is 48.7 Å². The molecular weight excluding hydrogens is 488 g/mol. The number of thiazole rings is 1. The van der Waals surface area contributed by atoms with E-state index in [-0.39, 0.29) is 30.2 Å². The van der Waals surface area contributed by atoms with E-state index in [2.05, 4.69) is 10.3 Å². The van der Waals surface area contributed by atoms with Gasteiger partial charge in [0.2, 0.25) is 5.91 Å². The van der Waals surface area contributed by atoms with E-state index in [1.165, 1.54) is 17.4 Å². The first-order valence-corrected chi connectivity index (χ1v) is 12.4. The van der Waals surface area contributed by atoms with Crippen LogP contribution < -0.4 is 14.8 Å². The molecule has 0 saturated heterocycles. The van der Waals surface area contributed by atoms with Crippen LogP contribution in [-0.4, -0.2) is 22.8 Å². The maximum Gasteiger partial charge on any atom is 0.311 e. The molecule has 3 rings (SSSR count). The fourth-order valence-corrected chi connectivity index (χ4v) is 3.80. The molecule has 0 aliphatic rings. The number of nitrogens with zero attached hydrogens (tertiary/aromatic N) is 1. The van der Waals surface area contributed by atoms with E-state index in [4.69, 9.17) is 21.1 Å². The summed E-state index contributed by atoms with van der Waals surface area (Å²) in [5, 5.41) is 5.67. The number of aromatic nitrogens is 1. The highest BCUT2D eigenvalue weighted by atomic mass is 35.5. The lowest BCUT2D eigenvalue weighted by molar-refractivity contribution is -0.137. The Bertz CT molecular complexity index is 1220. The van der Waals surface area contributed by atoms with E-state index in [1.54, 1.807) is 36.4 Å². The first-order valence-electron chi connectivity index (χ1n) is 11.1. The lowest BCUT2D eigenvalue weighted by atomic mass is 10.2. The van der Waals surface area contributed by atoms with Crippen LogP contribution in [0.1, 0.15) is 45.1 Å². The summed E-state index contributed by atoms with van der Waals surface area (Å²) in [5.41, 5.74) is 2.22. The maximum atomic E-state index is 12.4. The molecule has 0 atom stereocenters. The Hall–Kier alpha value is -3.49. The number of amides is 1. The molecule has 1 amide bonds. The number of ether oxygens (including phenoxy) is 2. The van der Waals surface area contributed by atoms with Crippen molar-refractivity contribution in [1.29, 1.82) is 0 Å². The van der Waals surface area contributed by atoms with Crippen molar-refractivity contribution < 1.29 is 23.9 Å². The van der Waals surface area contributed by atoms with Gasteiger partial charge in [0.15, 0.2) is 16.6 Å². The van der Waals surface area contributed by atoms with Crippen molar-refractivity contribution >= 4 is 52.0 Å². The highest BCUT2D eigenvalue weighted by Gasteiger charge is 2.14. The van der Waals surface area contributed by atoms with Crippen LogP contribution in [0, 0.1) is 0 Å². The Morgan fingerprint density at radius 2 is 1.63 bits per heavy atom. The minimum absolute atomic E-state index is 0.128. The Labute approximate surface area is 212 Å². The van der Waals surface area contributed by atoms with Gasteiger partial charge in [-0.1, -0.05) is 43.6 Å². The number of benzene rings is 2. The van der Waals surface area contributed by atoms with Crippen molar-refractivity contribution in [3.63, 3.8) is 0 Å². The number of carbonyl (C=O) groups is 3. The number of carbonyl (C=O) groups excluding carboxylic acids is 3. The van der Waals surface area contributed by atoms with Crippen molar-refractivity contribution in [2.24, 2.45) is 0 Å². The Balaban J connectivity index is 1.69. The molecule has 1 aromatic heterocycles. The van der Waals surface area contributed by atoms with E-state index < -0.39 is 11.9 Å². The number of hydrogen-bond acceptors (Lipinski definition) is 7. The van der Waals surface area contributed by atoms with Crippen LogP contribution in [-0.2, 0) is 14.4 Å². The second-order valence-electron chi connectivity index (χ2n) is 7.52. The summed E-state index contributed by atoms with van der Waals surface area (Å²) in [6, 6.07) is 12.0. The third kappa shape index (κ3) is 8.05. The molecule has 0 unspecified atom stereocenters. The van der Waals surface area contributed by atoms with Gasteiger partial charge >= 0.3 is 11.9 Å². The van der Waals surface area contributed by atoms with Gasteiger partial charge in [-0.15, -0.1) is 11.3 Å². The molecule has 0 aliphatic heterocycles. The first kappa shape index (κ1) is 26.1. The molecular formula is C26H25ClN2O5S. The number of esters is 2. The summed E-state index contributed by atoms with van der Waals surface area (Å²) in [6.45, 7) is 3.73. The molecule has 1 heterocycles. The summed E-state index contributed by atoms with van der Waals surface area (Å²) in [5.74, 6) is -0.927. The SMILES string of the molecule is CCCC(=O)Oc1ccc(C=CC(=O)Nc2nc(-c3ccc(Cl)cc3)cs2)cc1OC(=O)CCC. The topological polar surface area (TPSA) is 94.6 Å². The molecule has 182 valence electrons. The molecule has 35 heavy (non-hydrogen) atoms. The zero-order valence-electron chi connectivity index (χ0n) is 19.4. The van der Waals surface area contributed by atoms with Crippen LogP contribution in [0.2, 0.25) is 5.02 Å². The van der Waals surface area contributed by atoms with Gasteiger partial charge in [-0.2, -0.15) is 0 Å². The molecule has 7 nitrogen and oxygen atoms in total. The van der Waals surface area contributed by atoms with Crippen molar-refractivity contribution in [3.05, 3.63) is 64.5 Å². The summed E-state index contributed by atoms with van der Waals surface area (Å²) in [6.07, 6.45) is 4.66. The van der Waals surface area contributed by atoms with Crippen LogP contribution in [0.4, 0.5) is 5.13 Å². The van der Waals surface area contributed by atoms with E-state index in [0.29, 0.717) is 28.6 Å². The van der Waals surface area contributed by atoms with Gasteiger partial charge in [0.1, 0.15) is 0 Å². The molecule has 0 radical (unpaired) electrons. The Morgan fingerprint density at radius 1 is 0.971 bits per heavy atom. The highest BCUT2D eigenvalue weighted by Crippen LogP contribution is 2.30. The highest BCUT2D eigenvalue weighted by molar-refractivity contribution is 7.14. The number of hydrogen-bond donors (Lipinski definition) is 1. The zero-order chi connectivity index (χ0) is 25.2. The monoisotopic (exact) mass is 512 g/mol. The maximum absolute atomic E-state index is 12.4. The Kier molecular flexibility index (Phi) is 9.57. The largest absolute Gasteiger partial charge is 0.423 e. The number of nitrogens with one attached hydrogen (secondary N) is 1. The molecule has 0 spiro atoms. The van der Waals surface area contributed by atoms with Gasteiger partial charge in [0.25, 0.3) is 0 Å². The molecule has 2 aromatic carbocycles. The second-order valence-corrected chi connectivity index (χ2v) is 8.82. The predicted molar refractivity (Wildman–Crippen MR) is 138 cm³/mol. The third-order valence-corrected chi connectivity index (χ3v) is 5.63. The quantitative estimate of drug-likeness (QED) is 0.188. The van der Waals surface area contributed by atoms with Gasteiger partial charge in [-0.25, -0.2) is 4.98 Å². The normalized spacial score (nSPS) is 10.8. The standard InChI is InChI=1S/C26H25ClN2O5S/c1-3-5-24(31)33-21-13-7-17(15-22(21)34-25(32)6-4-2)8-14-23(30)29-26-28-20(16-35-26)18-9-11-19(27)12-10-18/h7-16H,3-6H2,1-2H3,(H,28,29,30). The zero-order valence-corrected chi connectivity index (χ0v) is 20.9. The van der Waals surface area contributed by atoms with E-state index in [9.17, 15) is 14.4 Å². The molecule has 9 heteroatoms. The predicted octanol–water partition coefficient (Wildman–Crippen LogP) is 6.53. The fourth-order valence-electron chi connectivity index (χ4n) is 2.95. The summed E-state index contributed by atoms with van der Waals surface area (Å²) < 4.78 is 10.7. The average Bonchev–Trinajstić information content (AvgIpc) is 3.28. The molecule has 0 fully saturated rings. The van der Waals surface area contributed by atoms with Crippen LogP contribution in [0.15, 0.2) is 53.9 Å². The summed E-state index contributed by atoms with van der Waals surface area (Å²) in [7, 11) is 0. The smallest absolute Gasteiger partial charge is 0.311 e. The molecule has 0 aliphatic carbocycles. The number of anilines is 1. The Morgan fingerprint density at radius 3 is 2.29 bits per heavy atom.